The highest BCUT2D eigenvalue weighted by Crippen LogP contribution is 2.45. The van der Waals surface area contributed by atoms with Gasteiger partial charge in [-0.25, -0.2) is 0 Å². The number of carbonyl (C=O) groups excluding carboxylic acids is 2. The van der Waals surface area contributed by atoms with Crippen molar-refractivity contribution in [1.82, 2.24) is 10.9 Å². The largest absolute Gasteiger partial charge is 0.493 e. The molecule has 1 aliphatic heterocycles. The lowest BCUT2D eigenvalue weighted by molar-refractivity contribution is 0.0846. The van der Waals surface area contributed by atoms with Crippen molar-refractivity contribution in [3.05, 3.63) is 59.2 Å². The predicted octanol–water partition coefficient (Wildman–Crippen LogP) is 3.26. The summed E-state index contributed by atoms with van der Waals surface area (Å²) in [6.45, 7) is 0. The Labute approximate surface area is 166 Å². The van der Waals surface area contributed by atoms with Gasteiger partial charge in [-0.2, -0.15) is 0 Å². The molecule has 1 fully saturated rings. The lowest BCUT2D eigenvalue weighted by atomic mass is 10.1. The molecule has 2 aromatic rings. The third-order valence-corrected chi connectivity index (χ3v) is 7.11. The number of methoxy groups -OCH3 is 2. The molecule has 2 N–H and O–H groups in total. The summed E-state index contributed by atoms with van der Waals surface area (Å²) in [7, 11) is 3.01. The molecule has 0 unspecified atom stereocenters. The number of hydrazine groups is 1. The van der Waals surface area contributed by atoms with Crippen molar-refractivity contribution in [3.8, 4) is 11.5 Å². The summed E-state index contributed by atoms with van der Waals surface area (Å²) in [5, 5.41) is 0. The second-order valence-electron chi connectivity index (χ2n) is 5.67. The molecular formula is C19H20N2O4S2. The van der Waals surface area contributed by atoms with Crippen LogP contribution in [0.3, 0.4) is 0 Å². The van der Waals surface area contributed by atoms with Crippen LogP contribution in [0.25, 0.3) is 0 Å². The molecule has 8 heteroatoms. The van der Waals surface area contributed by atoms with E-state index >= 15 is 0 Å². The molecule has 0 aromatic heterocycles. The summed E-state index contributed by atoms with van der Waals surface area (Å²) in [5.74, 6) is 2.45. The van der Waals surface area contributed by atoms with Gasteiger partial charge in [-0.1, -0.05) is 12.1 Å². The first kappa shape index (κ1) is 19.4. The quantitative estimate of drug-likeness (QED) is 0.745. The highest BCUT2D eigenvalue weighted by molar-refractivity contribution is 8.19. The molecule has 0 radical (unpaired) electrons. The SMILES string of the molecule is COc1ccc(C(=O)NNC(=O)c2ccc(C3SCCS3)cc2)cc1OC. The standard InChI is InChI=1S/C19H20N2O4S2/c1-24-15-8-7-14(11-16(15)25-2)18(23)21-20-17(22)12-3-5-13(6-4-12)19-26-9-10-27-19/h3-8,11,19H,9-10H2,1-2H3,(H,20,22)(H,21,23). The van der Waals surface area contributed by atoms with Crippen molar-refractivity contribution in [2.24, 2.45) is 0 Å². The van der Waals surface area contributed by atoms with E-state index < -0.39 is 5.91 Å². The van der Waals surface area contributed by atoms with Crippen LogP contribution in [0.5, 0.6) is 11.5 Å². The Morgan fingerprint density at radius 1 is 0.852 bits per heavy atom. The first-order valence-corrected chi connectivity index (χ1v) is 10.4. The van der Waals surface area contributed by atoms with Crippen molar-refractivity contribution in [1.29, 1.82) is 0 Å². The lowest BCUT2D eigenvalue weighted by Crippen LogP contribution is -2.41. The number of hydrogen-bond acceptors (Lipinski definition) is 6. The average molecular weight is 405 g/mol. The molecule has 0 atom stereocenters. The van der Waals surface area contributed by atoms with Gasteiger partial charge in [0.05, 0.1) is 18.8 Å². The molecule has 0 aliphatic carbocycles. The number of hydrogen-bond donors (Lipinski definition) is 2. The second-order valence-corrected chi connectivity index (χ2v) is 8.40. The van der Waals surface area contributed by atoms with Gasteiger partial charge >= 0.3 is 0 Å². The fourth-order valence-corrected chi connectivity index (χ4v) is 5.44. The number of thioether (sulfide) groups is 2. The Morgan fingerprint density at radius 3 is 2.00 bits per heavy atom. The molecule has 0 spiro atoms. The van der Waals surface area contributed by atoms with E-state index in [1.807, 2.05) is 35.7 Å². The average Bonchev–Trinajstić information content (AvgIpc) is 3.26. The van der Waals surface area contributed by atoms with E-state index in [2.05, 4.69) is 10.9 Å². The van der Waals surface area contributed by atoms with Crippen LogP contribution in [0.2, 0.25) is 0 Å². The third kappa shape index (κ3) is 4.70. The van der Waals surface area contributed by atoms with Crippen LogP contribution in [0, 0.1) is 0 Å². The summed E-state index contributed by atoms with van der Waals surface area (Å²) in [6, 6.07) is 12.2. The summed E-state index contributed by atoms with van der Waals surface area (Å²) in [5.41, 5.74) is 6.88. The van der Waals surface area contributed by atoms with Crippen LogP contribution in [0.1, 0.15) is 30.9 Å². The first-order valence-electron chi connectivity index (χ1n) is 8.28. The van der Waals surface area contributed by atoms with Crippen LogP contribution >= 0.6 is 23.5 Å². The van der Waals surface area contributed by atoms with Crippen LogP contribution < -0.4 is 20.3 Å². The maximum atomic E-state index is 12.3. The highest BCUT2D eigenvalue weighted by Gasteiger charge is 2.18. The number of rotatable bonds is 5. The molecule has 6 nitrogen and oxygen atoms in total. The zero-order chi connectivity index (χ0) is 19.2. The molecule has 3 rings (SSSR count). The van der Waals surface area contributed by atoms with Gasteiger partial charge in [0.1, 0.15) is 0 Å². The van der Waals surface area contributed by atoms with E-state index in [1.54, 1.807) is 30.3 Å². The van der Waals surface area contributed by atoms with Gasteiger partial charge in [0.2, 0.25) is 0 Å². The van der Waals surface area contributed by atoms with Gasteiger partial charge in [0, 0.05) is 22.6 Å². The maximum absolute atomic E-state index is 12.3. The number of benzene rings is 2. The minimum absolute atomic E-state index is 0.346. The summed E-state index contributed by atoms with van der Waals surface area (Å²) < 4.78 is 10.8. The Kier molecular flexibility index (Phi) is 6.52. The summed E-state index contributed by atoms with van der Waals surface area (Å²) >= 11 is 3.83. The Balaban J connectivity index is 1.59. The van der Waals surface area contributed by atoms with Crippen molar-refractivity contribution in [2.75, 3.05) is 25.7 Å². The smallest absolute Gasteiger partial charge is 0.269 e. The van der Waals surface area contributed by atoms with E-state index in [1.165, 1.54) is 19.8 Å². The number of ether oxygens (including phenoxy) is 2. The number of carbonyl (C=O) groups is 2. The van der Waals surface area contributed by atoms with E-state index in [4.69, 9.17) is 9.47 Å². The van der Waals surface area contributed by atoms with Crippen LogP contribution in [0.15, 0.2) is 42.5 Å². The van der Waals surface area contributed by atoms with Crippen molar-refractivity contribution >= 4 is 35.3 Å². The normalized spacial score (nSPS) is 13.9. The monoisotopic (exact) mass is 404 g/mol. The summed E-state index contributed by atoms with van der Waals surface area (Å²) in [4.78, 5) is 24.5. The molecule has 1 heterocycles. The van der Waals surface area contributed by atoms with Crippen LogP contribution in [-0.4, -0.2) is 37.5 Å². The fraction of sp³-hybridized carbons (Fsp3) is 0.263. The van der Waals surface area contributed by atoms with Gasteiger partial charge in [-0.15, -0.1) is 23.5 Å². The van der Waals surface area contributed by atoms with E-state index in [0.29, 0.717) is 27.2 Å². The van der Waals surface area contributed by atoms with Crippen LogP contribution in [-0.2, 0) is 0 Å². The van der Waals surface area contributed by atoms with E-state index in [-0.39, 0.29) is 5.91 Å². The van der Waals surface area contributed by atoms with Gasteiger partial charge in [0.25, 0.3) is 11.8 Å². The molecule has 0 saturated carbocycles. The topological polar surface area (TPSA) is 76.7 Å². The molecule has 1 saturated heterocycles. The van der Waals surface area contributed by atoms with E-state index in [9.17, 15) is 9.59 Å². The fourth-order valence-electron chi connectivity index (χ4n) is 2.58. The second kappa shape index (κ2) is 9.05. The molecule has 142 valence electrons. The molecule has 0 bridgehead atoms. The maximum Gasteiger partial charge on any atom is 0.269 e. The highest BCUT2D eigenvalue weighted by atomic mass is 32.2. The molecule has 2 aromatic carbocycles. The Hall–Kier alpha value is -2.32. The Bertz CT molecular complexity index is 821. The van der Waals surface area contributed by atoms with Gasteiger partial charge < -0.3 is 9.47 Å². The zero-order valence-electron chi connectivity index (χ0n) is 15.0. The van der Waals surface area contributed by atoms with Gasteiger partial charge in [-0.3, -0.25) is 20.4 Å². The molecule has 1 aliphatic rings. The predicted molar refractivity (Wildman–Crippen MR) is 109 cm³/mol. The third-order valence-electron chi connectivity index (χ3n) is 4.00. The Morgan fingerprint density at radius 2 is 1.41 bits per heavy atom. The number of nitrogens with one attached hydrogen (secondary N) is 2. The van der Waals surface area contributed by atoms with Gasteiger partial charge in [0.15, 0.2) is 11.5 Å². The zero-order valence-corrected chi connectivity index (χ0v) is 16.6. The molecule has 27 heavy (non-hydrogen) atoms. The van der Waals surface area contributed by atoms with E-state index in [0.717, 1.165) is 11.5 Å². The van der Waals surface area contributed by atoms with Crippen molar-refractivity contribution in [2.45, 2.75) is 4.58 Å². The minimum Gasteiger partial charge on any atom is -0.493 e. The van der Waals surface area contributed by atoms with Crippen LogP contribution in [0.4, 0.5) is 0 Å². The summed E-state index contributed by atoms with van der Waals surface area (Å²) in [6.07, 6.45) is 0. The number of amides is 2. The molecule has 2 amide bonds. The lowest BCUT2D eigenvalue weighted by Gasteiger charge is -2.11. The molecular weight excluding hydrogens is 384 g/mol. The van der Waals surface area contributed by atoms with Crippen molar-refractivity contribution < 1.29 is 19.1 Å². The van der Waals surface area contributed by atoms with Crippen molar-refractivity contribution in [3.63, 3.8) is 0 Å². The first-order chi connectivity index (χ1) is 13.1. The minimum atomic E-state index is -0.445. The van der Waals surface area contributed by atoms with Gasteiger partial charge in [-0.05, 0) is 35.9 Å².